The van der Waals surface area contributed by atoms with E-state index in [4.69, 9.17) is 12.8 Å². The quantitative estimate of drug-likeness (QED) is 0.467. The molecule has 1 aromatic carbocycles. The van der Waals surface area contributed by atoms with Crippen molar-refractivity contribution in [2.45, 2.75) is 38.6 Å². The van der Waals surface area contributed by atoms with Crippen LogP contribution in [0.1, 0.15) is 37.8 Å². The molecule has 1 aliphatic rings. The third kappa shape index (κ3) is 3.80. The lowest BCUT2D eigenvalue weighted by Gasteiger charge is -2.16. The number of rotatable bonds is 5. The Kier molecular flexibility index (Phi) is 5.16. The molecule has 5 nitrogen and oxygen atoms in total. The third-order valence-electron chi connectivity index (χ3n) is 6.96. The molecule has 31 heavy (non-hydrogen) atoms. The summed E-state index contributed by atoms with van der Waals surface area (Å²) in [6, 6.07) is 13.5. The number of hydrogen-bond donors (Lipinski definition) is 0. The molecule has 0 N–H and O–H groups in total. The van der Waals surface area contributed by atoms with Crippen molar-refractivity contribution >= 4 is 41.2 Å². The largest absolute Gasteiger partial charge is 0.363 e. The molecule has 0 bridgehead atoms. The van der Waals surface area contributed by atoms with Crippen LogP contribution in [0.25, 0.3) is 21.9 Å². The van der Waals surface area contributed by atoms with E-state index in [1.54, 1.807) is 6.33 Å². The molecule has 3 heterocycles. The zero-order chi connectivity index (χ0) is 21.5. The smallest absolute Gasteiger partial charge is 0.142 e. The predicted octanol–water partition coefficient (Wildman–Crippen LogP) is 4.06. The Morgan fingerprint density at radius 2 is 1.94 bits per heavy atom. The lowest BCUT2D eigenvalue weighted by Crippen LogP contribution is -2.11. The molecule has 3 atom stereocenters. The lowest BCUT2D eigenvalue weighted by atomic mass is 9.91. The van der Waals surface area contributed by atoms with Crippen molar-refractivity contribution in [3.63, 3.8) is 0 Å². The topological polar surface area (TPSA) is 46.8 Å². The van der Waals surface area contributed by atoms with Crippen LogP contribution in [0, 0.1) is 11.8 Å². The average molecular weight is 409 g/mol. The fourth-order valence-electron chi connectivity index (χ4n) is 5.12. The first-order valence-electron chi connectivity index (χ1n) is 11.1. The maximum Gasteiger partial charge on any atom is 0.142 e. The third-order valence-corrected chi connectivity index (χ3v) is 6.96. The maximum absolute atomic E-state index is 6.03. The Morgan fingerprint density at radius 1 is 1.10 bits per heavy atom. The maximum atomic E-state index is 6.03. The van der Waals surface area contributed by atoms with Gasteiger partial charge in [-0.1, -0.05) is 19.1 Å². The highest BCUT2D eigenvalue weighted by Crippen LogP contribution is 2.42. The number of nitrogens with zero attached hydrogens (tertiary/aromatic N) is 5. The number of anilines is 1. The highest BCUT2D eigenvalue weighted by molar-refractivity contribution is 6.36. The van der Waals surface area contributed by atoms with Crippen molar-refractivity contribution in [1.82, 2.24) is 19.5 Å². The molecular formula is C25H28BN5. The van der Waals surface area contributed by atoms with Crippen LogP contribution in [-0.4, -0.2) is 41.5 Å². The molecule has 4 aromatic rings. The van der Waals surface area contributed by atoms with Crippen LogP contribution in [-0.2, 0) is 6.42 Å². The van der Waals surface area contributed by atoms with E-state index < -0.39 is 0 Å². The Bertz CT molecular complexity index is 1230. The minimum absolute atomic E-state index is 0.479. The van der Waals surface area contributed by atoms with Gasteiger partial charge in [-0.3, -0.25) is 4.98 Å². The van der Waals surface area contributed by atoms with Crippen LogP contribution < -0.4 is 10.5 Å². The van der Waals surface area contributed by atoms with Crippen molar-refractivity contribution in [2.75, 3.05) is 19.0 Å². The summed E-state index contributed by atoms with van der Waals surface area (Å²) < 4.78 is 2.31. The number of aryl methyl sites for hydroxylation is 1. The second-order valence-electron chi connectivity index (χ2n) is 9.21. The van der Waals surface area contributed by atoms with Gasteiger partial charge < -0.3 is 9.47 Å². The Morgan fingerprint density at radius 3 is 2.77 bits per heavy atom. The first-order chi connectivity index (χ1) is 15.0. The summed E-state index contributed by atoms with van der Waals surface area (Å²) in [6.07, 6.45) is 8.36. The SMILES string of the molecule is [B]c1ncnc2c1ccn2[C@@H]1CC(CCc2ccc3ccc(N(C)C)nc3c2)[C@@H](C)C1. The first kappa shape index (κ1) is 20.0. The highest BCUT2D eigenvalue weighted by atomic mass is 15.1. The number of benzene rings is 1. The van der Waals surface area contributed by atoms with Crippen molar-refractivity contribution in [3.05, 3.63) is 54.5 Å². The van der Waals surface area contributed by atoms with E-state index in [1.807, 2.05) is 20.2 Å². The second kappa shape index (κ2) is 7.99. The van der Waals surface area contributed by atoms with Crippen LogP contribution in [0.5, 0.6) is 0 Å². The van der Waals surface area contributed by atoms with Crippen molar-refractivity contribution in [2.24, 2.45) is 11.8 Å². The van der Waals surface area contributed by atoms with Crippen LogP contribution in [0.3, 0.4) is 0 Å². The molecule has 1 aliphatic carbocycles. The number of aromatic nitrogens is 4. The van der Waals surface area contributed by atoms with E-state index in [0.717, 1.165) is 28.8 Å². The molecule has 1 fully saturated rings. The molecule has 1 unspecified atom stereocenters. The summed E-state index contributed by atoms with van der Waals surface area (Å²) in [7, 11) is 10.1. The minimum atomic E-state index is 0.479. The van der Waals surface area contributed by atoms with Gasteiger partial charge in [0.2, 0.25) is 0 Å². The van der Waals surface area contributed by atoms with Crippen LogP contribution in [0.2, 0.25) is 0 Å². The fraction of sp³-hybridized carbons (Fsp3) is 0.400. The Hall–Kier alpha value is -2.89. The zero-order valence-electron chi connectivity index (χ0n) is 18.5. The Labute approximate surface area is 184 Å². The molecule has 0 spiro atoms. The Balaban J connectivity index is 1.30. The summed E-state index contributed by atoms with van der Waals surface area (Å²) in [6.45, 7) is 2.39. The summed E-state index contributed by atoms with van der Waals surface area (Å²) in [5, 5.41) is 2.16. The van der Waals surface area contributed by atoms with Gasteiger partial charge >= 0.3 is 0 Å². The lowest BCUT2D eigenvalue weighted by molar-refractivity contribution is 0.391. The van der Waals surface area contributed by atoms with Crippen molar-refractivity contribution in [1.29, 1.82) is 0 Å². The minimum Gasteiger partial charge on any atom is -0.363 e. The van der Waals surface area contributed by atoms with Gasteiger partial charge in [0.1, 0.15) is 25.6 Å². The average Bonchev–Trinajstić information content (AvgIpc) is 3.35. The van der Waals surface area contributed by atoms with E-state index in [9.17, 15) is 0 Å². The van der Waals surface area contributed by atoms with Crippen molar-refractivity contribution < 1.29 is 0 Å². The molecular weight excluding hydrogens is 381 g/mol. The molecule has 0 amide bonds. The van der Waals surface area contributed by atoms with E-state index in [1.165, 1.54) is 30.2 Å². The number of fused-ring (bicyclic) bond motifs is 2. The zero-order valence-corrected chi connectivity index (χ0v) is 18.5. The highest BCUT2D eigenvalue weighted by Gasteiger charge is 2.32. The molecule has 0 aliphatic heterocycles. The van der Waals surface area contributed by atoms with Crippen molar-refractivity contribution in [3.8, 4) is 0 Å². The van der Waals surface area contributed by atoms with Gasteiger partial charge in [0.25, 0.3) is 0 Å². The van der Waals surface area contributed by atoms with Gasteiger partial charge in [-0.25, -0.2) is 9.97 Å². The molecule has 0 saturated heterocycles. The monoisotopic (exact) mass is 409 g/mol. The summed E-state index contributed by atoms with van der Waals surface area (Å²) >= 11 is 0. The predicted molar refractivity (Wildman–Crippen MR) is 128 cm³/mol. The fourth-order valence-corrected chi connectivity index (χ4v) is 5.12. The van der Waals surface area contributed by atoms with Crippen LogP contribution in [0.4, 0.5) is 5.82 Å². The summed E-state index contributed by atoms with van der Waals surface area (Å²) in [4.78, 5) is 15.5. The van der Waals surface area contributed by atoms with Gasteiger partial charge in [-0.15, -0.1) is 0 Å². The molecule has 3 aromatic heterocycles. The van der Waals surface area contributed by atoms with E-state index in [-0.39, 0.29) is 0 Å². The molecule has 2 radical (unpaired) electrons. The summed E-state index contributed by atoms with van der Waals surface area (Å²) in [5.74, 6) is 2.40. The number of pyridine rings is 1. The van der Waals surface area contributed by atoms with E-state index in [2.05, 4.69) is 62.9 Å². The molecule has 1 saturated carbocycles. The van der Waals surface area contributed by atoms with Gasteiger partial charge in [0.15, 0.2) is 0 Å². The van der Waals surface area contributed by atoms with Gasteiger partial charge in [-0.2, -0.15) is 0 Å². The van der Waals surface area contributed by atoms with Crippen LogP contribution in [0.15, 0.2) is 48.9 Å². The van der Waals surface area contributed by atoms with Gasteiger partial charge in [-0.05, 0) is 67.3 Å². The van der Waals surface area contributed by atoms with E-state index in [0.29, 0.717) is 23.5 Å². The standard InChI is InChI=1S/C25H28BN5/c1-16-12-20(31-11-10-21-24(26)27-15-28-25(21)31)14-19(16)7-5-17-4-6-18-8-9-23(30(2)3)29-22(18)13-17/h4,6,8-11,13,15-16,19-20H,5,7,12,14H2,1-3H3/t16-,19?,20-/m0/s1. The molecule has 6 heteroatoms. The van der Waals surface area contributed by atoms with Gasteiger partial charge in [0, 0.05) is 42.7 Å². The second-order valence-corrected chi connectivity index (χ2v) is 9.21. The normalized spacial score (nSPS) is 21.2. The number of hydrogen-bond acceptors (Lipinski definition) is 4. The van der Waals surface area contributed by atoms with E-state index >= 15 is 0 Å². The summed E-state index contributed by atoms with van der Waals surface area (Å²) in [5.41, 5.74) is 3.98. The molecule has 5 rings (SSSR count). The van der Waals surface area contributed by atoms with Crippen LogP contribution >= 0.6 is 0 Å². The van der Waals surface area contributed by atoms with Gasteiger partial charge in [0.05, 0.1) is 5.52 Å². The first-order valence-corrected chi connectivity index (χ1v) is 11.1. The molecule has 156 valence electrons.